The van der Waals surface area contributed by atoms with Gasteiger partial charge in [-0.05, 0) is 71.4 Å². The van der Waals surface area contributed by atoms with Crippen molar-refractivity contribution >= 4 is 52.5 Å². The highest BCUT2D eigenvalue weighted by atomic mass is 35.5. The number of nitrogens with one attached hydrogen (secondary N) is 1. The van der Waals surface area contributed by atoms with Crippen LogP contribution in [0.3, 0.4) is 0 Å². The molecule has 3 aromatic rings. The van der Waals surface area contributed by atoms with Gasteiger partial charge in [0.05, 0.1) is 19.9 Å². The van der Waals surface area contributed by atoms with Crippen molar-refractivity contribution in [2.45, 2.75) is 0 Å². The third-order valence-electron chi connectivity index (χ3n) is 5.14. The van der Waals surface area contributed by atoms with E-state index in [0.29, 0.717) is 27.8 Å². The summed E-state index contributed by atoms with van der Waals surface area (Å²) in [7, 11) is 3.13. The predicted octanol–water partition coefficient (Wildman–Crippen LogP) is 4.86. The summed E-state index contributed by atoms with van der Waals surface area (Å²) in [6.45, 7) is 0. The number of hydrogen-bond acceptors (Lipinski definition) is 5. The Morgan fingerprint density at radius 3 is 2.33 bits per heavy atom. The van der Waals surface area contributed by atoms with Gasteiger partial charge in [-0.3, -0.25) is 19.8 Å². The number of carbonyl (C=O) groups excluding carboxylic acids is 2. The van der Waals surface area contributed by atoms with Crippen LogP contribution in [-0.4, -0.2) is 31.1 Å². The van der Waals surface area contributed by atoms with Crippen LogP contribution in [-0.2, 0) is 9.59 Å². The van der Waals surface area contributed by atoms with Crippen molar-refractivity contribution in [3.8, 4) is 22.6 Å². The molecule has 4 rings (SSSR count). The third-order valence-corrected chi connectivity index (χ3v) is 5.68. The maximum absolute atomic E-state index is 13.3. The van der Waals surface area contributed by atoms with E-state index in [-0.39, 0.29) is 10.7 Å². The summed E-state index contributed by atoms with van der Waals surface area (Å²) < 4.78 is 10.7. The van der Waals surface area contributed by atoms with E-state index in [1.807, 2.05) is 36.4 Å². The van der Waals surface area contributed by atoms with Crippen LogP contribution in [0.15, 0.2) is 72.3 Å². The molecule has 1 N–H and O–H groups in total. The Kier molecular flexibility index (Phi) is 6.44. The SMILES string of the molecule is COc1ccc(-c2ccccc2C=C2C(=O)NC(=S)N(c3ccc(Cl)cc3)C2=O)cc1OC. The van der Waals surface area contributed by atoms with Gasteiger partial charge in [-0.1, -0.05) is 41.9 Å². The second kappa shape index (κ2) is 9.44. The molecule has 1 heterocycles. The van der Waals surface area contributed by atoms with Gasteiger partial charge in [0.25, 0.3) is 11.8 Å². The molecular formula is C25H19ClN2O4S. The number of amides is 2. The van der Waals surface area contributed by atoms with Gasteiger partial charge in [-0.25, -0.2) is 0 Å². The molecular weight excluding hydrogens is 460 g/mol. The number of thiocarbonyl (C=S) groups is 1. The first-order chi connectivity index (χ1) is 15.9. The lowest BCUT2D eigenvalue weighted by Crippen LogP contribution is -2.54. The maximum atomic E-state index is 13.3. The molecule has 6 nitrogen and oxygen atoms in total. The molecule has 1 aliphatic rings. The Morgan fingerprint density at radius 1 is 0.939 bits per heavy atom. The minimum Gasteiger partial charge on any atom is -0.493 e. The van der Waals surface area contributed by atoms with E-state index in [2.05, 4.69) is 5.32 Å². The molecule has 0 saturated carbocycles. The summed E-state index contributed by atoms with van der Waals surface area (Å²) in [4.78, 5) is 27.3. The highest BCUT2D eigenvalue weighted by Gasteiger charge is 2.34. The van der Waals surface area contributed by atoms with Crippen molar-refractivity contribution in [1.29, 1.82) is 0 Å². The van der Waals surface area contributed by atoms with Gasteiger partial charge in [-0.2, -0.15) is 0 Å². The van der Waals surface area contributed by atoms with Crippen molar-refractivity contribution in [2.24, 2.45) is 0 Å². The lowest BCUT2D eigenvalue weighted by Gasteiger charge is -2.29. The maximum Gasteiger partial charge on any atom is 0.270 e. The van der Waals surface area contributed by atoms with Crippen molar-refractivity contribution in [3.05, 3.63) is 82.9 Å². The number of nitrogens with zero attached hydrogens (tertiary/aromatic N) is 1. The molecule has 1 aliphatic heterocycles. The molecule has 2 amide bonds. The number of carbonyl (C=O) groups is 2. The van der Waals surface area contributed by atoms with Gasteiger partial charge in [0.1, 0.15) is 5.57 Å². The normalized spacial score (nSPS) is 14.9. The zero-order valence-electron chi connectivity index (χ0n) is 17.8. The van der Waals surface area contributed by atoms with Gasteiger partial charge in [0.2, 0.25) is 0 Å². The van der Waals surface area contributed by atoms with Crippen LogP contribution in [0.4, 0.5) is 5.69 Å². The molecule has 1 saturated heterocycles. The van der Waals surface area contributed by atoms with Gasteiger partial charge < -0.3 is 9.47 Å². The number of benzene rings is 3. The largest absolute Gasteiger partial charge is 0.493 e. The number of anilines is 1. The van der Waals surface area contributed by atoms with Crippen molar-refractivity contribution in [2.75, 3.05) is 19.1 Å². The summed E-state index contributed by atoms with van der Waals surface area (Å²) in [6.07, 6.45) is 1.56. The fourth-order valence-electron chi connectivity index (χ4n) is 3.53. The third kappa shape index (κ3) is 4.46. The van der Waals surface area contributed by atoms with Crippen LogP contribution in [0.5, 0.6) is 11.5 Å². The van der Waals surface area contributed by atoms with Crippen LogP contribution < -0.4 is 19.7 Å². The van der Waals surface area contributed by atoms with E-state index < -0.39 is 11.8 Å². The first kappa shape index (κ1) is 22.5. The Balaban J connectivity index is 1.77. The van der Waals surface area contributed by atoms with Crippen LogP contribution in [0.25, 0.3) is 17.2 Å². The van der Waals surface area contributed by atoms with Crippen LogP contribution in [0.1, 0.15) is 5.56 Å². The first-order valence-corrected chi connectivity index (χ1v) is 10.7. The van der Waals surface area contributed by atoms with E-state index in [4.69, 9.17) is 33.3 Å². The van der Waals surface area contributed by atoms with E-state index in [1.54, 1.807) is 50.6 Å². The van der Waals surface area contributed by atoms with E-state index in [9.17, 15) is 9.59 Å². The van der Waals surface area contributed by atoms with E-state index >= 15 is 0 Å². The quantitative estimate of drug-likeness (QED) is 0.322. The Bertz CT molecular complexity index is 1290. The highest BCUT2D eigenvalue weighted by Crippen LogP contribution is 2.34. The van der Waals surface area contributed by atoms with Gasteiger partial charge in [-0.15, -0.1) is 0 Å². The standard InChI is InChI=1S/C25H19ClN2O4S/c1-31-21-12-7-16(14-22(21)32-2)19-6-4-3-5-15(19)13-20-23(29)27-25(33)28(24(20)30)18-10-8-17(26)9-11-18/h3-14H,1-2H3,(H,27,29,33). The zero-order chi connectivity index (χ0) is 23.5. The number of methoxy groups -OCH3 is 2. The molecule has 0 atom stereocenters. The van der Waals surface area contributed by atoms with Crippen LogP contribution in [0.2, 0.25) is 5.02 Å². The van der Waals surface area contributed by atoms with Crippen molar-refractivity contribution < 1.29 is 19.1 Å². The number of halogens is 1. The molecule has 0 radical (unpaired) electrons. The van der Waals surface area contributed by atoms with Crippen molar-refractivity contribution in [1.82, 2.24) is 5.32 Å². The molecule has 33 heavy (non-hydrogen) atoms. The molecule has 166 valence electrons. The molecule has 0 spiro atoms. The lowest BCUT2D eigenvalue weighted by atomic mass is 9.96. The Morgan fingerprint density at radius 2 is 1.64 bits per heavy atom. The summed E-state index contributed by atoms with van der Waals surface area (Å²) in [5.74, 6) is 0.0970. The summed E-state index contributed by atoms with van der Waals surface area (Å²) in [5, 5.41) is 3.13. The number of hydrogen-bond donors (Lipinski definition) is 1. The predicted molar refractivity (Wildman–Crippen MR) is 133 cm³/mol. The van der Waals surface area contributed by atoms with E-state index in [0.717, 1.165) is 11.1 Å². The lowest BCUT2D eigenvalue weighted by molar-refractivity contribution is -0.122. The highest BCUT2D eigenvalue weighted by molar-refractivity contribution is 7.80. The Labute approximate surface area is 201 Å². The average Bonchev–Trinajstić information content (AvgIpc) is 2.82. The van der Waals surface area contributed by atoms with Crippen LogP contribution >= 0.6 is 23.8 Å². The summed E-state index contributed by atoms with van der Waals surface area (Å²) in [6, 6.07) is 19.6. The summed E-state index contributed by atoms with van der Waals surface area (Å²) >= 11 is 11.2. The molecule has 0 bridgehead atoms. The molecule has 3 aromatic carbocycles. The number of rotatable bonds is 5. The fraction of sp³-hybridized carbons (Fsp3) is 0.0800. The molecule has 0 unspecified atom stereocenters. The summed E-state index contributed by atoms with van der Waals surface area (Å²) in [5.41, 5.74) is 2.82. The topological polar surface area (TPSA) is 67.9 Å². The molecule has 1 fully saturated rings. The van der Waals surface area contributed by atoms with Gasteiger partial charge in [0.15, 0.2) is 16.6 Å². The minimum atomic E-state index is -0.558. The molecule has 0 aromatic heterocycles. The van der Waals surface area contributed by atoms with Gasteiger partial charge >= 0.3 is 0 Å². The second-order valence-corrected chi connectivity index (χ2v) is 7.91. The smallest absolute Gasteiger partial charge is 0.270 e. The Hall–Kier alpha value is -3.68. The van der Waals surface area contributed by atoms with Gasteiger partial charge in [0, 0.05) is 5.02 Å². The minimum absolute atomic E-state index is 0.0117. The monoisotopic (exact) mass is 478 g/mol. The number of ether oxygens (including phenoxy) is 2. The molecule has 0 aliphatic carbocycles. The average molecular weight is 479 g/mol. The fourth-order valence-corrected chi connectivity index (χ4v) is 3.93. The van der Waals surface area contributed by atoms with Crippen LogP contribution in [0, 0.1) is 0 Å². The van der Waals surface area contributed by atoms with E-state index in [1.165, 1.54) is 4.90 Å². The zero-order valence-corrected chi connectivity index (χ0v) is 19.4. The van der Waals surface area contributed by atoms with Crippen molar-refractivity contribution in [3.63, 3.8) is 0 Å². The molecule has 8 heteroatoms. The first-order valence-electron chi connectivity index (χ1n) is 9.91. The second-order valence-electron chi connectivity index (χ2n) is 7.09.